The van der Waals surface area contributed by atoms with E-state index < -0.39 is 0 Å². The van der Waals surface area contributed by atoms with Crippen molar-refractivity contribution < 1.29 is 20.9 Å². The predicted molar refractivity (Wildman–Crippen MR) is 120 cm³/mol. The average molecular weight is 414 g/mol. The Hall–Kier alpha value is -0.940. The van der Waals surface area contributed by atoms with E-state index in [0.29, 0.717) is 24.9 Å². The number of amides is 1. The second kappa shape index (κ2) is 15.0. The summed E-state index contributed by atoms with van der Waals surface area (Å²) in [6, 6.07) is 0.257. The lowest BCUT2D eigenvalue weighted by molar-refractivity contribution is -0.127. The molecule has 2 fully saturated rings. The van der Waals surface area contributed by atoms with Crippen LogP contribution in [0.3, 0.4) is 0 Å². The molecule has 172 valence electrons. The molecule has 29 heavy (non-hydrogen) atoms. The Bertz CT molecular complexity index is 455. The van der Waals surface area contributed by atoms with Gasteiger partial charge < -0.3 is 15.2 Å². The van der Waals surface area contributed by atoms with Gasteiger partial charge in [0.1, 0.15) is 5.78 Å². The molecule has 0 bridgehead atoms. The minimum atomic E-state index is -0.167. The number of aliphatic hydroxyl groups is 1. The molecule has 5 heteroatoms. The molecule has 2 aliphatic carbocycles. The zero-order valence-electron chi connectivity index (χ0n) is 19.3. The fourth-order valence-electron chi connectivity index (χ4n) is 4.14. The Morgan fingerprint density at radius 3 is 2.17 bits per heavy atom. The number of carbonyl (C=O) groups excluding carboxylic acids is 2. The van der Waals surface area contributed by atoms with Crippen molar-refractivity contribution in [3.8, 4) is 0 Å². The molecule has 0 radical (unpaired) electrons. The molecular formula is C24H47NO4. The molecular weight excluding hydrogens is 366 g/mol. The molecule has 2 aliphatic rings. The SMILES string of the molecule is CC(C)O.CCC(C)C(=O)C1CCC(NC(=O)CCCOC2CCCCC2)CC1.[HH]. The molecule has 0 aromatic heterocycles. The van der Waals surface area contributed by atoms with Gasteiger partial charge >= 0.3 is 0 Å². The summed E-state index contributed by atoms with van der Waals surface area (Å²) < 4.78 is 5.88. The third-order valence-electron chi connectivity index (χ3n) is 6.05. The number of carbonyl (C=O) groups is 2. The van der Waals surface area contributed by atoms with Gasteiger partial charge in [0.05, 0.1) is 6.10 Å². The highest BCUT2D eigenvalue weighted by Gasteiger charge is 2.28. The maximum atomic E-state index is 12.3. The molecule has 0 spiro atoms. The molecule has 5 nitrogen and oxygen atoms in total. The number of ether oxygens (including phenoxy) is 1. The maximum absolute atomic E-state index is 12.3. The Labute approximate surface area is 179 Å². The van der Waals surface area contributed by atoms with Gasteiger partial charge in [0.2, 0.25) is 5.91 Å². The van der Waals surface area contributed by atoms with Crippen LogP contribution in [-0.2, 0) is 14.3 Å². The van der Waals surface area contributed by atoms with Crippen molar-refractivity contribution in [2.24, 2.45) is 11.8 Å². The molecule has 1 atom stereocenters. The van der Waals surface area contributed by atoms with Crippen LogP contribution >= 0.6 is 0 Å². The van der Waals surface area contributed by atoms with Crippen molar-refractivity contribution in [1.29, 1.82) is 0 Å². The Kier molecular flexibility index (Phi) is 13.5. The van der Waals surface area contributed by atoms with Crippen molar-refractivity contribution in [1.82, 2.24) is 5.32 Å². The van der Waals surface area contributed by atoms with Crippen LogP contribution in [-0.4, -0.2) is 41.7 Å². The lowest BCUT2D eigenvalue weighted by Crippen LogP contribution is -2.39. The highest BCUT2D eigenvalue weighted by Crippen LogP contribution is 2.28. The average Bonchev–Trinajstić information content (AvgIpc) is 2.71. The van der Waals surface area contributed by atoms with Crippen LogP contribution in [0.4, 0.5) is 0 Å². The largest absolute Gasteiger partial charge is 0.394 e. The van der Waals surface area contributed by atoms with Gasteiger partial charge in [0, 0.05) is 38.4 Å². The third kappa shape index (κ3) is 11.7. The molecule has 2 saturated carbocycles. The number of ketones is 1. The van der Waals surface area contributed by atoms with Crippen LogP contribution in [0.5, 0.6) is 0 Å². The monoisotopic (exact) mass is 413 g/mol. The fraction of sp³-hybridized carbons (Fsp3) is 0.917. The van der Waals surface area contributed by atoms with E-state index in [0.717, 1.165) is 38.5 Å². The number of aliphatic hydroxyl groups excluding tert-OH is 1. The summed E-state index contributed by atoms with van der Waals surface area (Å²) in [5.41, 5.74) is 0. The van der Waals surface area contributed by atoms with Crippen molar-refractivity contribution >= 4 is 11.7 Å². The van der Waals surface area contributed by atoms with E-state index in [1.165, 1.54) is 32.1 Å². The highest BCUT2D eigenvalue weighted by molar-refractivity contribution is 5.83. The summed E-state index contributed by atoms with van der Waals surface area (Å²) in [4.78, 5) is 24.4. The zero-order chi connectivity index (χ0) is 21.6. The minimum absolute atomic E-state index is 0. The van der Waals surface area contributed by atoms with Gasteiger partial charge in [-0.25, -0.2) is 0 Å². The lowest BCUT2D eigenvalue weighted by atomic mass is 9.79. The third-order valence-corrected chi connectivity index (χ3v) is 6.05. The Balaban J connectivity index is 0.00000154. The van der Waals surface area contributed by atoms with Crippen molar-refractivity contribution in [3.05, 3.63) is 0 Å². The van der Waals surface area contributed by atoms with E-state index >= 15 is 0 Å². The van der Waals surface area contributed by atoms with Crippen LogP contribution in [0.25, 0.3) is 0 Å². The Morgan fingerprint density at radius 1 is 1.03 bits per heavy atom. The molecule has 0 heterocycles. The molecule has 0 saturated heterocycles. The number of hydrogen-bond acceptors (Lipinski definition) is 4. The summed E-state index contributed by atoms with van der Waals surface area (Å²) in [5.74, 6) is 0.961. The standard InChI is InChI=1S/C21H37NO3.C3H8O.H2/c1-3-16(2)21(24)17-11-13-18(14-12-17)22-20(23)10-7-15-25-19-8-5-4-6-9-19;1-3(2)4;/h16-19H,3-15H2,1-2H3,(H,22,23);3-4H,1-2H3;1H. The minimum Gasteiger partial charge on any atom is -0.394 e. The number of rotatable bonds is 9. The Morgan fingerprint density at radius 2 is 1.62 bits per heavy atom. The first-order chi connectivity index (χ1) is 13.8. The van der Waals surface area contributed by atoms with Crippen LogP contribution in [0.15, 0.2) is 0 Å². The van der Waals surface area contributed by atoms with Gasteiger partial charge in [-0.15, -0.1) is 0 Å². The number of hydrogen-bond donors (Lipinski definition) is 2. The van der Waals surface area contributed by atoms with Crippen LogP contribution in [0.2, 0.25) is 0 Å². The summed E-state index contributed by atoms with van der Waals surface area (Å²) in [7, 11) is 0. The van der Waals surface area contributed by atoms with E-state index in [2.05, 4.69) is 12.2 Å². The maximum Gasteiger partial charge on any atom is 0.220 e. The van der Waals surface area contributed by atoms with Gasteiger partial charge in [-0.3, -0.25) is 9.59 Å². The first kappa shape index (κ1) is 26.1. The van der Waals surface area contributed by atoms with Gasteiger partial charge in [-0.2, -0.15) is 0 Å². The van der Waals surface area contributed by atoms with Crippen LogP contribution in [0.1, 0.15) is 106 Å². The highest BCUT2D eigenvalue weighted by atomic mass is 16.5. The normalized spacial score (nSPS) is 23.8. The second-order valence-corrected chi connectivity index (χ2v) is 9.16. The van der Waals surface area contributed by atoms with Crippen LogP contribution < -0.4 is 5.32 Å². The smallest absolute Gasteiger partial charge is 0.220 e. The zero-order valence-corrected chi connectivity index (χ0v) is 19.3. The first-order valence-electron chi connectivity index (χ1n) is 12.0. The lowest BCUT2D eigenvalue weighted by Gasteiger charge is -2.29. The molecule has 0 aromatic rings. The molecule has 0 aromatic carbocycles. The summed E-state index contributed by atoms with van der Waals surface area (Å²) in [6.07, 6.45) is 12.6. The van der Waals surface area contributed by atoms with Gasteiger partial charge in [0.15, 0.2) is 0 Å². The van der Waals surface area contributed by atoms with Gasteiger partial charge in [0.25, 0.3) is 0 Å². The van der Waals surface area contributed by atoms with E-state index in [-0.39, 0.29) is 31.3 Å². The van der Waals surface area contributed by atoms with E-state index in [9.17, 15) is 9.59 Å². The quantitative estimate of drug-likeness (QED) is 0.519. The summed E-state index contributed by atoms with van der Waals surface area (Å²) in [5, 5.41) is 11.2. The molecule has 2 rings (SSSR count). The number of nitrogens with one attached hydrogen (secondary N) is 1. The first-order valence-corrected chi connectivity index (χ1v) is 12.0. The van der Waals surface area contributed by atoms with Crippen molar-refractivity contribution in [3.63, 3.8) is 0 Å². The summed E-state index contributed by atoms with van der Waals surface area (Å²) >= 11 is 0. The van der Waals surface area contributed by atoms with E-state index in [1.54, 1.807) is 13.8 Å². The molecule has 2 N–H and O–H groups in total. The van der Waals surface area contributed by atoms with E-state index in [1.807, 2.05) is 6.92 Å². The van der Waals surface area contributed by atoms with Gasteiger partial charge in [-0.05, 0) is 65.2 Å². The fourth-order valence-corrected chi connectivity index (χ4v) is 4.14. The molecule has 1 amide bonds. The predicted octanol–water partition coefficient (Wildman–Crippen LogP) is 5.04. The van der Waals surface area contributed by atoms with Crippen molar-refractivity contribution in [2.45, 2.75) is 123 Å². The van der Waals surface area contributed by atoms with Gasteiger partial charge in [-0.1, -0.05) is 33.1 Å². The van der Waals surface area contributed by atoms with Crippen LogP contribution in [0, 0.1) is 11.8 Å². The molecule has 1 unspecified atom stereocenters. The molecule has 0 aliphatic heterocycles. The van der Waals surface area contributed by atoms with E-state index in [4.69, 9.17) is 9.84 Å². The number of Topliss-reactive ketones (excluding diaryl/α,β-unsaturated/α-hetero) is 1. The summed E-state index contributed by atoms with van der Waals surface area (Å²) in [6.45, 7) is 8.26. The second-order valence-electron chi connectivity index (χ2n) is 9.16. The van der Waals surface area contributed by atoms with Crippen molar-refractivity contribution in [2.75, 3.05) is 6.61 Å². The topological polar surface area (TPSA) is 75.6 Å².